The number of hydrogen-bond acceptors (Lipinski definition) is 4. The van der Waals surface area contributed by atoms with Crippen LogP contribution in [0.1, 0.15) is 54.7 Å². The van der Waals surface area contributed by atoms with E-state index < -0.39 is 0 Å². The maximum Gasteiger partial charge on any atom is 0.248 e. The van der Waals surface area contributed by atoms with E-state index in [2.05, 4.69) is 30.0 Å². The number of nitrogens with two attached hydrogens (primary N) is 2. The minimum absolute atomic E-state index is 0.250. The van der Waals surface area contributed by atoms with Crippen molar-refractivity contribution in [3.63, 3.8) is 0 Å². The molecule has 6 heteroatoms. The van der Waals surface area contributed by atoms with Crippen molar-refractivity contribution in [2.75, 3.05) is 6.61 Å². The summed E-state index contributed by atoms with van der Waals surface area (Å²) in [7, 11) is 0. The van der Waals surface area contributed by atoms with Crippen molar-refractivity contribution < 1.29 is 19.1 Å². The predicted octanol–water partition coefficient (Wildman–Crippen LogP) is 7.49. The van der Waals surface area contributed by atoms with Crippen LogP contribution in [-0.4, -0.2) is 18.9 Å². The fraction of sp³-hybridized carbons (Fsp3) is 0.235. The summed E-state index contributed by atoms with van der Waals surface area (Å²) in [5.74, 6) is 1.33. The first-order valence-corrected chi connectivity index (χ1v) is 13.5. The van der Waals surface area contributed by atoms with Gasteiger partial charge in [-0.1, -0.05) is 106 Å². The Balaban J connectivity index is 0.000000745. The van der Waals surface area contributed by atoms with Crippen LogP contribution in [0.3, 0.4) is 0 Å². The van der Waals surface area contributed by atoms with Gasteiger partial charge in [0, 0.05) is 5.56 Å². The second kappa shape index (κ2) is 23.7. The number of carbonyl (C=O) groups is 2. The van der Waals surface area contributed by atoms with Crippen molar-refractivity contribution in [1.29, 1.82) is 0 Å². The number of rotatable bonds is 8. The van der Waals surface area contributed by atoms with Gasteiger partial charge >= 0.3 is 0 Å². The molecule has 0 spiro atoms. The third-order valence-corrected chi connectivity index (χ3v) is 4.88. The summed E-state index contributed by atoms with van der Waals surface area (Å²) in [5, 5.41) is 0. The van der Waals surface area contributed by atoms with Crippen LogP contribution in [0.4, 0.5) is 0 Å². The lowest BCUT2D eigenvalue weighted by molar-refractivity contribution is -0.106. The zero-order valence-corrected chi connectivity index (χ0v) is 24.4. The van der Waals surface area contributed by atoms with Crippen molar-refractivity contribution in [2.45, 2.75) is 47.6 Å². The fourth-order valence-corrected chi connectivity index (χ4v) is 3.02. The Morgan fingerprint density at radius 1 is 0.700 bits per heavy atom. The Hall–Kier alpha value is -4.42. The molecule has 0 aliphatic rings. The highest BCUT2D eigenvalue weighted by atomic mass is 16.5. The third-order valence-electron chi connectivity index (χ3n) is 4.88. The summed E-state index contributed by atoms with van der Waals surface area (Å²) < 4.78 is 11.5. The van der Waals surface area contributed by atoms with Gasteiger partial charge in [0.1, 0.15) is 11.5 Å². The number of ether oxygens (including phenoxy) is 2. The molecule has 0 saturated heterocycles. The number of carbonyl (C=O) groups excluding carboxylic acids is 2. The molecular weight excluding hydrogens is 500 g/mol. The molecule has 0 heterocycles. The van der Waals surface area contributed by atoms with Gasteiger partial charge in [0.25, 0.3) is 0 Å². The molecule has 0 unspecified atom stereocenters. The number of para-hydroxylation sites is 1. The zero-order valence-electron chi connectivity index (χ0n) is 24.4. The van der Waals surface area contributed by atoms with Crippen molar-refractivity contribution >= 4 is 12.3 Å². The van der Waals surface area contributed by atoms with Crippen LogP contribution in [-0.2, 0) is 22.6 Å². The van der Waals surface area contributed by atoms with Crippen LogP contribution in [0.2, 0.25) is 0 Å². The first-order chi connectivity index (χ1) is 19.5. The van der Waals surface area contributed by atoms with Crippen LogP contribution < -0.4 is 16.2 Å². The van der Waals surface area contributed by atoms with E-state index in [-0.39, 0.29) is 12.3 Å². The molecule has 0 atom stereocenters. The molecule has 40 heavy (non-hydrogen) atoms. The first kappa shape index (κ1) is 35.6. The lowest BCUT2D eigenvalue weighted by Crippen LogP contribution is -2.10. The molecule has 0 aliphatic carbocycles. The summed E-state index contributed by atoms with van der Waals surface area (Å²) in [6.07, 6.45) is 1.15. The van der Waals surface area contributed by atoms with Gasteiger partial charge in [0.2, 0.25) is 12.3 Å². The first-order valence-electron chi connectivity index (χ1n) is 13.5. The van der Waals surface area contributed by atoms with Crippen molar-refractivity contribution in [1.82, 2.24) is 0 Å². The molecule has 6 nitrogen and oxygen atoms in total. The van der Waals surface area contributed by atoms with Crippen LogP contribution in [0.25, 0.3) is 0 Å². The molecule has 4 aromatic carbocycles. The average molecular weight is 545 g/mol. The number of aryl methyl sites for hydroxylation is 1. The van der Waals surface area contributed by atoms with Crippen LogP contribution >= 0.6 is 0 Å². The molecular formula is C34H44N2O4. The Labute approximate surface area is 240 Å². The van der Waals surface area contributed by atoms with Gasteiger partial charge < -0.3 is 20.9 Å². The molecule has 0 aliphatic heterocycles. The maximum absolute atomic E-state index is 10.5. The predicted molar refractivity (Wildman–Crippen MR) is 165 cm³/mol. The maximum atomic E-state index is 10.5. The normalized spacial score (nSPS) is 8.93. The van der Waals surface area contributed by atoms with E-state index in [1.807, 2.05) is 107 Å². The van der Waals surface area contributed by atoms with Crippen molar-refractivity contribution in [2.24, 2.45) is 11.5 Å². The number of primary amides is 2. The summed E-state index contributed by atoms with van der Waals surface area (Å²) >= 11 is 0. The van der Waals surface area contributed by atoms with Gasteiger partial charge in [-0.05, 0) is 60.9 Å². The fourth-order valence-electron chi connectivity index (χ4n) is 3.02. The molecule has 0 fully saturated rings. The molecule has 0 saturated carbocycles. The lowest BCUT2D eigenvalue weighted by Gasteiger charge is -2.07. The van der Waals surface area contributed by atoms with Crippen LogP contribution in [0.15, 0.2) is 109 Å². The van der Waals surface area contributed by atoms with E-state index in [0.29, 0.717) is 18.8 Å². The highest BCUT2D eigenvalue weighted by Crippen LogP contribution is 2.21. The third kappa shape index (κ3) is 16.4. The van der Waals surface area contributed by atoms with Gasteiger partial charge in [-0.2, -0.15) is 0 Å². The number of hydrogen-bond donors (Lipinski definition) is 2. The molecule has 0 radical (unpaired) electrons. The van der Waals surface area contributed by atoms with Gasteiger partial charge in [-0.3, -0.25) is 9.59 Å². The van der Waals surface area contributed by atoms with Crippen LogP contribution in [0, 0.1) is 6.92 Å². The second-order valence-electron chi connectivity index (χ2n) is 7.71. The van der Waals surface area contributed by atoms with E-state index in [1.165, 1.54) is 11.1 Å². The summed E-state index contributed by atoms with van der Waals surface area (Å²) in [5.41, 5.74) is 13.3. The molecule has 2 amide bonds. The molecule has 0 bridgehead atoms. The van der Waals surface area contributed by atoms with E-state index in [4.69, 9.17) is 20.0 Å². The van der Waals surface area contributed by atoms with E-state index >= 15 is 0 Å². The lowest BCUT2D eigenvalue weighted by atomic mass is 10.1. The number of benzene rings is 4. The van der Waals surface area contributed by atoms with E-state index in [9.17, 15) is 4.79 Å². The van der Waals surface area contributed by atoms with Gasteiger partial charge in [-0.15, -0.1) is 0 Å². The molecule has 4 N–H and O–H groups in total. The topological polar surface area (TPSA) is 105 Å². The molecule has 4 aromatic rings. The molecule has 214 valence electrons. The molecule has 4 rings (SSSR count). The highest BCUT2D eigenvalue weighted by molar-refractivity contribution is 5.92. The Bertz CT molecular complexity index is 1150. The largest absolute Gasteiger partial charge is 0.457 e. The molecule has 0 aromatic heterocycles. The average Bonchev–Trinajstić information content (AvgIpc) is 3.00. The van der Waals surface area contributed by atoms with Crippen molar-refractivity contribution in [3.05, 3.63) is 131 Å². The SMILES string of the molecule is CC.CC.Cc1ccc(C(N)=O)cc1.NC=O.c1ccc(COCCc2ccc(Oc3ccccc3)cc2)cc1. The standard InChI is InChI=1S/C21H20O2.C8H9NO.2C2H6.CH3NO/c1-3-7-19(8-4-1)17-22-16-15-18-11-13-21(14-12-18)23-20-9-5-2-6-10-20;1-6-2-4-7(5-3-6)8(9)10;2*1-2;2-1-3/h1-14H,15-17H2;2-5H,1H3,(H2,9,10);2*1-2H3;1H,(H2,2,3). The van der Waals surface area contributed by atoms with Crippen LogP contribution in [0.5, 0.6) is 11.5 Å². The summed E-state index contributed by atoms with van der Waals surface area (Å²) in [6.45, 7) is 11.3. The Morgan fingerprint density at radius 2 is 1.18 bits per heavy atom. The van der Waals surface area contributed by atoms with Crippen molar-refractivity contribution in [3.8, 4) is 11.5 Å². The summed E-state index contributed by atoms with van der Waals surface area (Å²) in [6, 6.07) is 35.4. The summed E-state index contributed by atoms with van der Waals surface area (Å²) in [4.78, 5) is 19.1. The van der Waals surface area contributed by atoms with E-state index in [0.717, 1.165) is 23.5 Å². The Morgan fingerprint density at radius 3 is 1.68 bits per heavy atom. The monoisotopic (exact) mass is 544 g/mol. The van der Waals surface area contributed by atoms with E-state index in [1.54, 1.807) is 12.1 Å². The zero-order chi connectivity index (χ0) is 30.0. The smallest absolute Gasteiger partial charge is 0.248 e. The Kier molecular flexibility index (Phi) is 21.1. The van der Waals surface area contributed by atoms with Gasteiger partial charge in [-0.25, -0.2) is 0 Å². The van der Waals surface area contributed by atoms with Gasteiger partial charge in [0.15, 0.2) is 0 Å². The minimum Gasteiger partial charge on any atom is -0.457 e. The number of amides is 2. The minimum atomic E-state index is -0.375. The van der Waals surface area contributed by atoms with Gasteiger partial charge in [0.05, 0.1) is 13.2 Å². The second-order valence-corrected chi connectivity index (χ2v) is 7.71. The quantitative estimate of drug-likeness (QED) is 0.177. The highest BCUT2D eigenvalue weighted by Gasteiger charge is 1.99.